The summed E-state index contributed by atoms with van der Waals surface area (Å²) in [7, 11) is 0. The average Bonchev–Trinajstić information content (AvgIpc) is 2.68. The van der Waals surface area contributed by atoms with Gasteiger partial charge >= 0.3 is 5.97 Å². The number of Topliss-reactive ketones (excluding diaryl/α,β-unsaturated/α-hetero) is 1. The molecule has 0 N–H and O–H groups in total. The van der Waals surface area contributed by atoms with Gasteiger partial charge in [-0.2, -0.15) is 0 Å². The normalized spacial score (nSPS) is 15.4. The van der Waals surface area contributed by atoms with Crippen molar-refractivity contribution in [2.75, 3.05) is 38.7 Å². The quantitative estimate of drug-likeness (QED) is 0.211. The molecular weight excluding hydrogens is 362 g/mol. The molecule has 0 radical (unpaired) electrons. The molecule has 0 aliphatic carbocycles. The Balaban J connectivity index is 1.82. The maximum Gasteiger partial charge on any atom is 0.333 e. The summed E-state index contributed by atoms with van der Waals surface area (Å²) in [5.41, 5.74) is 0.611. The van der Waals surface area contributed by atoms with E-state index in [9.17, 15) is 9.59 Å². The molecule has 1 aromatic carbocycles. The smallest absolute Gasteiger partial charge is 0.333 e. The van der Waals surface area contributed by atoms with Gasteiger partial charge in [0.25, 0.3) is 0 Å². The van der Waals surface area contributed by atoms with E-state index >= 15 is 0 Å². The van der Waals surface area contributed by atoms with Crippen molar-refractivity contribution in [2.24, 2.45) is 0 Å². The van der Waals surface area contributed by atoms with Gasteiger partial charge in [-0.15, -0.1) is 11.8 Å². The SMILES string of the molecule is C=C(C)C(=O)OCCCSc1ccc(C(=O)C(C)(C)N2CCOCC2)cc1. The Morgan fingerprint density at radius 3 is 2.44 bits per heavy atom. The minimum absolute atomic E-state index is 0.132. The van der Waals surface area contributed by atoms with Gasteiger partial charge in [0.05, 0.1) is 25.4 Å². The zero-order chi connectivity index (χ0) is 19.9. The number of thioether (sulfide) groups is 1. The maximum absolute atomic E-state index is 13.0. The fraction of sp³-hybridized carbons (Fsp3) is 0.524. The first-order valence-electron chi connectivity index (χ1n) is 9.25. The zero-order valence-electron chi connectivity index (χ0n) is 16.5. The molecule has 5 nitrogen and oxygen atoms in total. The Labute approximate surface area is 166 Å². The molecule has 0 aromatic heterocycles. The highest BCUT2D eigenvalue weighted by atomic mass is 32.2. The lowest BCUT2D eigenvalue weighted by Gasteiger charge is -2.39. The van der Waals surface area contributed by atoms with Gasteiger partial charge in [0.2, 0.25) is 0 Å². The predicted molar refractivity (Wildman–Crippen MR) is 108 cm³/mol. The number of esters is 1. The number of carbonyl (C=O) groups excluding carboxylic acids is 2. The van der Waals surface area contributed by atoms with Crippen LogP contribution in [0.4, 0.5) is 0 Å². The predicted octanol–water partition coefficient (Wildman–Crippen LogP) is 3.58. The molecule has 1 aromatic rings. The Kier molecular flexibility index (Phi) is 8.07. The minimum atomic E-state index is -0.536. The number of ketones is 1. The molecule has 1 aliphatic heterocycles. The van der Waals surface area contributed by atoms with Gasteiger partial charge in [-0.1, -0.05) is 18.7 Å². The van der Waals surface area contributed by atoms with Crippen LogP contribution in [0.3, 0.4) is 0 Å². The molecule has 1 saturated heterocycles. The maximum atomic E-state index is 13.0. The van der Waals surface area contributed by atoms with E-state index in [4.69, 9.17) is 9.47 Å². The van der Waals surface area contributed by atoms with E-state index in [0.717, 1.165) is 35.7 Å². The third-order valence-corrected chi connectivity index (χ3v) is 5.71. The molecule has 1 heterocycles. The third-order valence-electron chi connectivity index (χ3n) is 4.61. The molecule has 6 heteroatoms. The van der Waals surface area contributed by atoms with Crippen LogP contribution in [0.2, 0.25) is 0 Å². The minimum Gasteiger partial charge on any atom is -0.462 e. The molecule has 0 atom stereocenters. The zero-order valence-corrected chi connectivity index (χ0v) is 17.3. The molecule has 0 unspecified atom stereocenters. The van der Waals surface area contributed by atoms with Crippen LogP contribution in [0.1, 0.15) is 37.6 Å². The summed E-state index contributed by atoms with van der Waals surface area (Å²) >= 11 is 1.68. The molecular formula is C21H29NO4S. The summed E-state index contributed by atoms with van der Waals surface area (Å²) in [4.78, 5) is 27.5. The van der Waals surface area contributed by atoms with Crippen molar-refractivity contribution in [1.82, 2.24) is 4.90 Å². The van der Waals surface area contributed by atoms with Crippen molar-refractivity contribution in [3.05, 3.63) is 42.0 Å². The van der Waals surface area contributed by atoms with Crippen LogP contribution in [-0.2, 0) is 14.3 Å². The Bertz CT molecular complexity index is 663. The molecule has 0 saturated carbocycles. The van der Waals surface area contributed by atoms with Crippen LogP contribution in [0, 0.1) is 0 Å². The summed E-state index contributed by atoms with van der Waals surface area (Å²) in [6.07, 6.45) is 0.772. The summed E-state index contributed by atoms with van der Waals surface area (Å²) in [6.45, 7) is 12.5. The summed E-state index contributed by atoms with van der Waals surface area (Å²) in [6, 6.07) is 7.75. The van der Waals surface area contributed by atoms with Crippen molar-refractivity contribution in [2.45, 2.75) is 37.6 Å². The van der Waals surface area contributed by atoms with E-state index in [2.05, 4.69) is 11.5 Å². The summed E-state index contributed by atoms with van der Waals surface area (Å²) < 4.78 is 10.5. The molecule has 2 rings (SSSR count). The molecule has 0 amide bonds. The standard InChI is InChI=1S/C21H29NO4S/c1-16(2)20(24)26-12-5-15-27-18-8-6-17(7-9-18)19(23)21(3,4)22-10-13-25-14-11-22/h6-9H,1,5,10-15H2,2-4H3. The Morgan fingerprint density at radius 2 is 1.85 bits per heavy atom. The van der Waals surface area contributed by atoms with Crippen LogP contribution in [0.25, 0.3) is 0 Å². The van der Waals surface area contributed by atoms with Crippen molar-refractivity contribution in [3.63, 3.8) is 0 Å². The average molecular weight is 392 g/mol. The number of rotatable bonds is 9. The molecule has 0 spiro atoms. The van der Waals surface area contributed by atoms with E-state index in [-0.39, 0.29) is 11.8 Å². The van der Waals surface area contributed by atoms with Crippen molar-refractivity contribution in [3.8, 4) is 0 Å². The van der Waals surface area contributed by atoms with Gasteiger partial charge < -0.3 is 9.47 Å². The van der Waals surface area contributed by atoms with Crippen molar-refractivity contribution >= 4 is 23.5 Å². The van der Waals surface area contributed by atoms with Crippen LogP contribution in [0.5, 0.6) is 0 Å². The highest BCUT2D eigenvalue weighted by Gasteiger charge is 2.35. The van der Waals surface area contributed by atoms with E-state index in [0.29, 0.717) is 25.4 Å². The number of ether oxygens (including phenoxy) is 2. The lowest BCUT2D eigenvalue weighted by atomic mass is 9.91. The van der Waals surface area contributed by atoms with Gasteiger partial charge in [0.15, 0.2) is 5.78 Å². The fourth-order valence-corrected chi connectivity index (χ4v) is 3.69. The number of hydrogen-bond acceptors (Lipinski definition) is 6. The first-order chi connectivity index (χ1) is 12.8. The van der Waals surface area contributed by atoms with Crippen molar-refractivity contribution < 1.29 is 19.1 Å². The number of morpholine rings is 1. The van der Waals surface area contributed by atoms with Crippen LogP contribution in [-0.4, -0.2) is 60.9 Å². The van der Waals surface area contributed by atoms with E-state index in [1.807, 2.05) is 38.1 Å². The molecule has 0 bridgehead atoms. The summed E-state index contributed by atoms with van der Waals surface area (Å²) in [5.74, 6) is 0.633. The third kappa shape index (κ3) is 6.19. The van der Waals surface area contributed by atoms with E-state index < -0.39 is 5.54 Å². The first-order valence-corrected chi connectivity index (χ1v) is 10.2. The molecule has 148 valence electrons. The van der Waals surface area contributed by atoms with Gasteiger partial charge in [-0.05, 0) is 39.3 Å². The topological polar surface area (TPSA) is 55.8 Å². The lowest BCUT2D eigenvalue weighted by Crippen LogP contribution is -2.54. The van der Waals surface area contributed by atoms with Gasteiger partial charge in [0, 0.05) is 34.9 Å². The van der Waals surface area contributed by atoms with Crippen LogP contribution in [0.15, 0.2) is 41.3 Å². The first kappa shape index (κ1) is 21.7. The second-order valence-corrected chi connectivity index (χ2v) is 8.30. The Hall–Kier alpha value is -1.63. The largest absolute Gasteiger partial charge is 0.462 e. The highest BCUT2D eigenvalue weighted by molar-refractivity contribution is 7.99. The Morgan fingerprint density at radius 1 is 1.22 bits per heavy atom. The molecule has 1 fully saturated rings. The highest BCUT2D eigenvalue weighted by Crippen LogP contribution is 2.24. The molecule has 27 heavy (non-hydrogen) atoms. The van der Waals surface area contributed by atoms with E-state index in [1.54, 1.807) is 18.7 Å². The van der Waals surface area contributed by atoms with Gasteiger partial charge in [-0.3, -0.25) is 9.69 Å². The number of nitrogens with zero attached hydrogens (tertiary/aromatic N) is 1. The lowest BCUT2D eigenvalue weighted by molar-refractivity contribution is -0.138. The van der Waals surface area contributed by atoms with Crippen molar-refractivity contribution in [1.29, 1.82) is 0 Å². The van der Waals surface area contributed by atoms with E-state index in [1.165, 1.54) is 0 Å². The summed E-state index contributed by atoms with van der Waals surface area (Å²) in [5, 5.41) is 0. The number of hydrogen-bond donors (Lipinski definition) is 0. The fourth-order valence-electron chi connectivity index (χ4n) is 2.86. The van der Waals surface area contributed by atoms with Crippen LogP contribution < -0.4 is 0 Å². The van der Waals surface area contributed by atoms with Crippen LogP contribution >= 0.6 is 11.8 Å². The second kappa shape index (κ2) is 10.1. The van der Waals surface area contributed by atoms with Gasteiger partial charge in [0.1, 0.15) is 0 Å². The number of benzene rings is 1. The second-order valence-electron chi connectivity index (χ2n) is 7.13. The number of carbonyl (C=O) groups is 2. The molecule has 1 aliphatic rings. The monoisotopic (exact) mass is 391 g/mol. The van der Waals surface area contributed by atoms with Gasteiger partial charge in [-0.25, -0.2) is 4.79 Å².